The Kier molecular flexibility index (Phi) is 4.63. The highest BCUT2D eigenvalue weighted by Crippen LogP contribution is 2.25. The van der Waals surface area contributed by atoms with Gasteiger partial charge in [0.15, 0.2) is 0 Å². The van der Waals surface area contributed by atoms with Crippen LogP contribution in [0.25, 0.3) is 0 Å². The number of nitro benzene ring substituents is 1. The van der Waals surface area contributed by atoms with E-state index in [0.29, 0.717) is 17.7 Å². The van der Waals surface area contributed by atoms with E-state index >= 15 is 0 Å². The van der Waals surface area contributed by atoms with Gasteiger partial charge in [0.1, 0.15) is 0 Å². The lowest BCUT2D eigenvalue weighted by Crippen LogP contribution is -2.45. The molecule has 0 aliphatic carbocycles. The first-order valence-electron chi connectivity index (χ1n) is 5.73. The topological polar surface area (TPSA) is 95.6 Å². The number of anilines is 1. The summed E-state index contributed by atoms with van der Waals surface area (Å²) < 4.78 is 0. The van der Waals surface area contributed by atoms with Gasteiger partial charge in [0.05, 0.1) is 23.7 Å². The van der Waals surface area contributed by atoms with Crippen molar-refractivity contribution in [1.82, 2.24) is 0 Å². The maximum atomic E-state index is 10.8. The molecule has 1 rings (SSSR count). The Hall–Kier alpha value is -1.66. The maximum absolute atomic E-state index is 10.8. The predicted octanol–water partition coefficient (Wildman–Crippen LogP) is 1.45. The zero-order valence-corrected chi connectivity index (χ0v) is 10.5. The van der Waals surface area contributed by atoms with Crippen molar-refractivity contribution in [1.29, 1.82) is 0 Å². The molecule has 0 saturated heterocycles. The summed E-state index contributed by atoms with van der Waals surface area (Å²) in [7, 11) is 0. The first-order valence-corrected chi connectivity index (χ1v) is 5.73. The van der Waals surface area contributed by atoms with Gasteiger partial charge in [0, 0.05) is 17.3 Å². The molecule has 6 heteroatoms. The summed E-state index contributed by atoms with van der Waals surface area (Å²) in [6.45, 7) is 2.98. The van der Waals surface area contributed by atoms with Crippen LogP contribution in [0.3, 0.4) is 0 Å². The van der Waals surface area contributed by atoms with Crippen molar-refractivity contribution < 1.29 is 15.1 Å². The van der Waals surface area contributed by atoms with Crippen LogP contribution in [0.4, 0.5) is 11.4 Å². The van der Waals surface area contributed by atoms with Gasteiger partial charge in [-0.25, -0.2) is 0 Å². The van der Waals surface area contributed by atoms with Gasteiger partial charge in [-0.15, -0.1) is 0 Å². The van der Waals surface area contributed by atoms with Crippen molar-refractivity contribution >= 4 is 11.4 Å². The zero-order chi connectivity index (χ0) is 13.8. The Labute approximate surface area is 105 Å². The standard InChI is InChI=1S/C12H18N2O4/c1-3-12(7-15,8-16)13-10-5-4-9(2)11(6-10)14(17)18/h4-6,13,15-16H,3,7-8H2,1-2H3. The quantitative estimate of drug-likeness (QED) is 0.527. The van der Waals surface area contributed by atoms with Gasteiger partial charge in [0.2, 0.25) is 0 Å². The molecule has 18 heavy (non-hydrogen) atoms. The molecule has 0 aliphatic heterocycles. The summed E-state index contributed by atoms with van der Waals surface area (Å²) in [4.78, 5) is 10.4. The molecule has 0 fully saturated rings. The minimum Gasteiger partial charge on any atom is -0.394 e. The van der Waals surface area contributed by atoms with Gasteiger partial charge in [-0.2, -0.15) is 0 Å². The van der Waals surface area contributed by atoms with Crippen LogP contribution in [0.1, 0.15) is 18.9 Å². The number of hydrogen-bond acceptors (Lipinski definition) is 5. The minimum absolute atomic E-state index is 0.0147. The molecular formula is C12H18N2O4. The number of benzene rings is 1. The molecule has 0 aromatic heterocycles. The minimum atomic E-state index is -0.858. The smallest absolute Gasteiger partial charge is 0.274 e. The normalized spacial score (nSPS) is 11.3. The molecule has 1 aromatic carbocycles. The van der Waals surface area contributed by atoms with Crippen molar-refractivity contribution in [2.24, 2.45) is 0 Å². The van der Waals surface area contributed by atoms with Crippen LogP contribution in [0.5, 0.6) is 0 Å². The van der Waals surface area contributed by atoms with Crippen LogP contribution < -0.4 is 5.32 Å². The molecule has 3 N–H and O–H groups in total. The van der Waals surface area contributed by atoms with Gasteiger partial charge in [-0.05, 0) is 19.4 Å². The number of nitrogens with one attached hydrogen (secondary N) is 1. The van der Waals surface area contributed by atoms with Gasteiger partial charge < -0.3 is 15.5 Å². The van der Waals surface area contributed by atoms with Crippen LogP contribution in [0.2, 0.25) is 0 Å². The fourth-order valence-electron chi connectivity index (χ4n) is 1.63. The molecule has 0 heterocycles. The molecule has 0 aliphatic rings. The third-order valence-electron chi connectivity index (χ3n) is 3.10. The van der Waals surface area contributed by atoms with Gasteiger partial charge >= 0.3 is 0 Å². The van der Waals surface area contributed by atoms with Crippen molar-refractivity contribution in [3.05, 3.63) is 33.9 Å². The number of aryl methyl sites for hydroxylation is 1. The summed E-state index contributed by atoms with van der Waals surface area (Å²) in [5, 5.41) is 32.4. The van der Waals surface area contributed by atoms with Crippen LogP contribution in [0, 0.1) is 17.0 Å². The van der Waals surface area contributed by atoms with Crippen LogP contribution >= 0.6 is 0 Å². The predicted molar refractivity (Wildman–Crippen MR) is 68.6 cm³/mol. The average molecular weight is 254 g/mol. The second-order valence-electron chi connectivity index (χ2n) is 4.33. The van der Waals surface area contributed by atoms with Crippen LogP contribution in [-0.2, 0) is 0 Å². The Bertz CT molecular complexity index is 422. The molecule has 6 nitrogen and oxygen atoms in total. The van der Waals surface area contributed by atoms with E-state index in [0.717, 1.165) is 0 Å². The highest BCUT2D eigenvalue weighted by atomic mass is 16.6. The Morgan fingerprint density at radius 2 is 2.00 bits per heavy atom. The highest BCUT2D eigenvalue weighted by molar-refractivity contribution is 5.56. The van der Waals surface area contributed by atoms with E-state index in [1.807, 2.05) is 6.92 Å². The Morgan fingerprint density at radius 1 is 1.39 bits per heavy atom. The number of nitro groups is 1. The summed E-state index contributed by atoms with van der Waals surface area (Å²) in [6.07, 6.45) is 0.502. The van der Waals surface area contributed by atoms with E-state index in [-0.39, 0.29) is 18.9 Å². The SMILES string of the molecule is CCC(CO)(CO)Nc1ccc(C)c([N+](=O)[O-])c1. The van der Waals surface area contributed by atoms with Crippen molar-refractivity contribution in [2.45, 2.75) is 25.8 Å². The van der Waals surface area contributed by atoms with E-state index in [2.05, 4.69) is 5.32 Å². The fourth-order valence-corrected chi connectivity index (χ4v) is 1.63. The Balaban J connectivity index is 3.04. The van der Waals surface area contributed by atoms with E-state index in [1.165, 1.54) is 6.07 Å². The molecule has 1 aromatic rings. The van der Waals surface area contributed by atoms with Gasteiger partial charge in [-0.1, -0.05) is 13.0 Å². The number of nitrogens with zero attached hydrogens (tertiary/aromatic N) is 1. The number of hydrogen-bond donors (Lipinski definition) is 3. The molecule has 0 spiro atoms. The van der Waals surface area contributed by atoms with Crippen molar-refractivity contribution in [2.75, 3.05) is 18.5 Å². The highest BCUT2D eigenvalue weighted by Gasteiger charge is 2.26. The molecule has 0 saturated carbocycles. The van der Waals surface area contributed by atoms with E-state index in [9.17, 15) is 20.3 Å². The fraction of sp³-hybridized carbons (Fsp3) is 0.500. The number of rotatable bonds is 6. The monoisotopic (exact) mass is 254 g/mol. The summed E-state index contributed by atoms with van der Waals surface area (Å²) in [6, 6.07) is 4.73. The molecular weight excluding hydrogens is 236 g/mol. The molecule has 0 radical (unpaired) electrons. The molecule has 100 valence electrons. The lowest BCUT2D eigenvalue weighted by atomic mass is 9.97. The third kappa shape index (κ3) is 2.96. The van der Waals surface area contributed by atoms with Gasteiger partial charge in [0.25, 0.3) is 5.69 Å². The van der Waals surface area contributed by atoms with Crippen molar-refractivity contribution in [3.63, 3.8) is 0 Å². The summed E-state index contributed by atoms with van der Waals surface area (Å²) in [5.41, 5.74) is 0.238. The van der Waals surface area contributed by atoms with Gasteiger partial charge in [-0.3, -0.25) is 10.1 Å². The Morgan fingerprint density at radius 3 is 2.44 bits per heavy atom. The van der Waals surface area contributed by atoms with Crippen molar-refractivity contribution in [3.8, 4) is 0 Å². The molecule has 0 bridgehead atoms. The molecule has 0 unspecified atom stereocenters. The van der Waals surface area contributed by atoms with E-state index in [4.69, 9.17) is 0 Å². The van der Waals surface area contributed by atoms with Crippen LogP contribution in [-0.4, -0.2) is 33.9 Å². The largest absolute Gasteiger partial charge is 0.394 e. The second kappa shape index (κ2) is 5.79. The molecule has 0 amide bonds. The first-order chi connectivity index (χ1) is 8.48. The lowest BCUT2D eigenvalue weighted by Gasteiger charge is -2.30. The number of aliphatic hydroxyl groups excluding tert-OH is 2. The molecule has 0 atom stereocenters. The average Bonchev–Trinajstić information content (AvgIpc) is 2.38. The van der Waals surface area contributed by atoms with Crippen LogP contribution in [0.15, 0.2) is 18.2 Å². The maximum Gasteiger partial charge on any atom is 0.274 e. The summed E-state index contributed by atoms with van der Waals surface area (Å²) >= 11 is 0. The lowest BCUT2D eigenvalue weighted by molar-refractivity contribution is -0.385. The summed E-state index contributed by atoms with van der Waals surface area (Å²) in [5.74, 6) is 0. The third-order valence-corrected chi connectivity index (χ3v) is 3.10. The first kappa shape index (κ1) is 14.4. The van der Waals surface area contributed by atoms with E-state index in [1.54, 1.807) is 19.1 Å². The number of aliphatic hydroxyl groups is 2. The second-order valence-corrected chi connectivity index (χ2v) is 4.33. The zero-order valence-electron chi connectivity index (χ0n) is 10.5. The van der Waals surface area contributed by atoms with E-state index < -0.39 is 10.5 Å².